The Kier molecular flexibility index (Phi) is 9.51. The van der Waals surface area contributed by atoms with Gasteiger partial charge >= 0.3 is 5.97 Å². The number of carboxylic acid groups (broad SMARTS) is 1. The summed E-state index contributed by atoms with van der Waals surface area (Å²) >= 11 is 0. The minimum absolute atomic E-state index is 0.292. The minimum Gasteiger partial charge on any atom is -0.478 e. The van der Waals surface area contributed by atoms with E-state index in [-0.39, 0.29) is 0 Å². The van der Waals surface area contributed by atoms with Crippen molar-refractivity contribution in [2.45, 2.75) is 0 Å². The highest BCUT2D eigenvalue weighted by Crippen LogP contribution is 1.81. The van der Waals surface area contributed by atoms with Crippen molar-refractivity contribution in [2.24, 2.45) is 0 Å². The molecule has 0 amide bonds. The maximum Gasteiger partial charge on any atom is 0.328 e. The normalized spacial score (nSPS) is 10.9. The van der Waals surface area contributed by atoms with Crippen molar-refractivity contribution < 1.29 is 24.1 Å². The Morgan fingerprint density at radius 1 is 1.21 bits per heavy atom. The van der Waals surface area contributed by atoms with Crippen LogP contribution in [0.3, 0.4) is 0 Å². The lowest BCUT2D eigenvalue weighted by molar-refractivity contribution is -0.131. The Labute approximate surface area is 83.3 Å². The minimum atomic E-state index is -0.968. The summed E-state index contributed by atoms with van der Waals surface area (Å²) in [6.07, 6.45) is 2.49. The standard InChI is InChI=1S/C9H16O5/c1-12-5-6-14-8-7-13-4-2-3-9(10)11/h2-3H,4-8H2,1H3,(H,10,11)/b3-2+. The summed E-state index contributed by atoms with van der Waals surface area (Å²) in [5, 5.41) is 8.23. The maximum absolute atomic E-state index is 10.0. The third-order valence-electron chi connectivity index (χ3n) is 1.28. The van der Waals surface area contributed by atoms with Gasteiger partial charge in [0.15, 0.2) is 0 Å². The molecule has 0 rings (SSSR count). The highest BCUT2D eigenvalue weighted by molar-refractivity contribution is 5.79. The van der Waals surface area contributed by atoms with Gasteiger partial charge in [-0.25, -0.2) is 4.79 Å². The Morgan fingerprint density at radius 2 is 1.86 bits per heavy atom. The van der Waals surface area contributed by atoms with E-state index in [1.54, 1.807) is 7.11 Å². The zero-order valence-corrected chi connectivity index (χ0v) is 8.27. The lowest BCUT2D eigenvalue weighted by atomic mass is 10.5. The Morgan fingerprint density at radius 3 is 2.50 bits per heavy atom. The molecule has 1 N–H and O–H groups in total. The van der Waals surface area contributed by atoms with Gasteiger partial charge in [-0.2, -0.15) is 0 Å². The van der Waals surface area contributed by atoms with E-state index in [1.807, 2.05) is 0 Å². The molecule has 0 radical (unpaired) electrons. The average Bonchev–Trinajstić information content (AvgIpc) is 2.15. The van der Waals surface area contributed by atoms with E-state index in [4.69, 9.17) is 19.3 Å². The molecule has 5 nitrogen and oxygen atoms in total. The van der Waals surface area contributed by atoms with Crippen LogP contribution in [0.5, 0.6) is 0 Å². The van der Waals surface area contributed by atoms with Gasteiger partial charge in [0.25, 0.3) is 0 Å². The predicted octanol–water partition coefficient (Wildman–Crippen LogP) is 0.307. The van der Waals surface area contributed by atoms with Crippen LogP contribution in [0.25, 0.3) is 0 Å². The van der Waals surface area contributed by atoms with Crippen LogP contribution in [0.2, 0.25) is 0 Å². The summed E-state index contributed by atoms with van der Waals surface area (Å²) in [6, 6.07) is 0. The zero-order valence-electron chi connectivity index (χ0n) is 8.27. The molecule has 0 aliphatic heterocycles. The van der Waals surface area contributed by atoms with Gasteiger partial charge < -0.3 is 19.3 Å². The van der Waals surface area contributed by atoms with Crippen LogP contribution >= 0.6 is 0 Å². The van der Waals surface area contributed by atoms with Crippen molar-refractivity contribution >= 4 is 5.97 Å². The van der Waals surface area contributed by atoms with E-state index in [9.17, 15) is 4.79 Å². The van der Waals surface area contributed by atoms with E-state index in [1.165, 1.54) is 6.08 Å². The van der Waals surface area contributed by atoms with Crippen LogP contribution in [0.4, 0.5) is 0 Å². The molecule has 0 fully saturated rings. The van der Waals surface area contributed by atoms with E-state index >= 15 is 0 Å². The second kappa shape index (κ2) is 10.2. The molecule has 0 aromatic carbocycles. The zero-order chi connectivity index (χ0) is 10.6. The second-order valence-corrected chi connectivity index (χ2v) is 2.42. The van der Waals surface area contributed by atoms with Gasteiger partial charge in [0.1, 0.15) is 0 Å². The van der Waals surface area contributed by atoms with Gasteiger partial charge in [0.05, 0.1) is 33.0 Å². The van der Waals surface area contributed by atoms with Crippen LogP contribution in [0.15, 0.2) is 12.2 Å². The van der Waals surface area contributed by atoms with Gasteiger partial charge in [-0.1, -0.05) is 6.08 Å². The molecule has 0 atom stereocenters. The molecule has 0 spiro atoms. The first kappa shape index (κ1) is 13.1. The topological polar surface area (TPSA) is 65.0 Å². The molecule has 0 saturated carbocycles. The molecule has 0 aromatic rings. The van der Waals surface area contributed by atoms with Crippen molar-refractivity contribution in [3.8, 4) is 0 Å². The smallest absolute Gasteiger partial charge is 0.328 e. The van der Waals surface area contributed by atoms with Crippen molar-refractivity contribution in [1.29, 1.82) is 0 Å². The van der Waals surface area contributed by atoms with Gasteiger partial charge in [0.2, 0.25) is 0 Å². The molecule has 0 bridgehead atoms. The first-order chi connectivity index (χ1) is 6.77. The summed E-state index contributed by atoms with van der Waals surface area (Å²) in [5.74, 6) is -0.968. The van der Waals surface area contributed by atoms with E-state index in [2.05, 4.69) is 0 Å². The summed E-state index contributed by atoms with van der Waals surface area (Å²) < 4.78 is 14.9. The van der Waals surface area contributed by atoms with Crippen LogP contribution in [0.1, 0.15) is 0 Å². The van der Waals surface area contributed by atoms with Crippen LogP contribution in [-0.2, 0) is 19.0 Å². The molecule has 0 aliphatic carbocycles. The molecular weight excluding hydrogens is 188 g/mol. The molecule has 82 valence electrons. The fraction of sp³-hybridized carbons (Fsp3) is 0.667. The van der Waals surface area contributed by atoms with Crippen molar-refractivity contribution in [1.82, 2.24) is 0 Å². The van der Waals surface area contributed by atoms with Crippen LogP contribution < -0.4 is 0 Å². The second-order valence-electron chi connectivity index (χ2n) is 2.42. The molecule has 0 heterocycles. The average molecular weight is 204 g/mol. The number of methoxy groups -OCH3 is 1. The lowest BCUT2D eigenvalue weighted by Crippen LogP contribution is -2.08. The van der Waals surface area contributed by atoms with Gasteiger partial charge in [0, 0.05) is 13.2 Å². The molecular formula is C9H16O5. The lowest BCUT2D eigenvalue weighted by Gasteiger charge is -2.02. The first-order valence-electron chi connectivity index (χ1n) is 4.31. The summed E-state index contributed by atoms with van der Waals surface area (Å²) in [4.78, 5) is 10.0. The number of hydrogen-bond acceptors (Lipinski definition) is 4. The molecule has 0 unspecified atom stereocenters. The number of hydrogen-bond donors (Lipinski definition) is 1. The van der Waals surface area contributed by atoms with Gasteiger partial charge in [-0.15, -0.1) is 0 Å². The van der Waals surface area contributed by atoms with Crippen LogP contribution in [0, 0.1) is 0 Å². The van der Waals surface area contributed by atoms with Gasteiger partial charge in [-0.3, -0.25) is 0 Å². The number of rotatable bonds is 9. The monoisotopic (exact) mass is 204 g/mol. The Bertz CT molecular complexity index is 167. The Hall–Kier alpha value is -0.910. The quantitative estimate of drug-likeness (QED) is 0.432. The summed E-state index contributed by atoms with van der Waals surface area (Å²) in [5.41, 5.74) is 0. The third kappa shape index (κ3) is 11.1. The van der Waals surface area contributed by atoms with E-state index in [0.29, 0.717) is 33.0 Å². The fourth-order valence-corrected chi connectivity index (χ4v) is 0.662. The SMILES string of the molecule is COCCOCCOC/C=C/C(=O)O. The van der Waals surface area contributed by atoms with Crippen molar-refractivity contribution in [3.05, 3.63) is 12.2 Å². The molecule has 0 aromatic heterocycles. The van der Waals surface area contributed by atoms with Crippen LogP contribution in [-0.4, -0.2) is 51.2 Å². The molecule has 0 aliphatic rings. The number of aliphatic carboxylic acids is 1. The van der Waals surface area contributed by atoms with Crippen molar-refractivity contribution in [3.63, 3.8) is 0 Å². The predicted molar refractivity (Wildman–Crippen MR) is 50.3 cm³/mol. The highest BCUT2D eigenvalue weighted by Gasteiger charge is 1.88. The summed E-state index contributed by atoms with van der Waals surface area (Å²) in [6.45, 7) is 2.35. The Balaban J connectivity index is 3.02. The summed E-state index contributed by atoms with van der Waals surface area (Å²) in [7, 11) is 1.61. The van der Waals surface area contributed by atoms with E-state index in [0.717, 1.165) is 6.08 Å². The number of carboxylic acids is 1. The number of carbonyl (C=O) groups is 1. The van der Waals surface area contributed by atoms with E-state index < -0.39 is 5.97 Å². The molecule has 5 heteroatoms. The molecule has 0 saturated heterocycles. The fourth-order valence-electron chi connectivity index (χ4n) is 0.662. The third-order valence-corrected chi connectivity index (χ3v) is 1.28. The molecule has 14 heavy (non-hydrogen) atoms. The van der Waals surface area contributed by atoms with Gasteiger partial charge in [-0.05, 0) is 0 Å². The maximum atomic E-state index is 10.0. The highest BCUT2D eigenvalue weighted by atomic mass is 16.5. The first-order valence-corrected chi connectivity index (χ1v) is 4.31. The van der Waals surface area contributed by atoms with Crippen molar-refractivity contribution in [2.75, 3.05) is 40.1 Å². The largest absolute Gasteiger partial charge is 0.478 e. The number of ether oxygens (including phenoxy) is 3.